The molecular formula is C17H27BrN2O. The third-order valence-electron chi connectivity index (χ3n) is 4.33. The fourth-order valence-electron chi connectivity index (χ4n) is 3.05. The molecule has 1 saturated heterocycles. The SMILES string of the molecule is CCNC(CCN1CCC(OC)CC1)c1ccccc1Br. The van der Waals surface area contributed by atoms with Crippen molar-refractivity contribution in [2.45, 2.75) is 38.3 Å². The van der Waals surface area contributed by atoms with Gasteiger partial charge >= 0.3 is 0 Å². The van der Waals surface area contributed by atoms with E-state index >= 15 is 0 Å². The van der Waals surface area contributed by atoms with Crippen molar-refractivity contribution >= 4 is 15.9 Å². The van der Waals surface area contributed by atoms with Crippen LogP contribution in [0, 0.1) is 0 Å². The number of hydrogen-bond acceptors (Lipinski definition) is 3. The molecular weight excluding hydrogens is 328 g/mol. The van der Waals surface area contributed by atoms with E-state index in [1.165, 1.54) is 10.0 Å². The van der Waals surface area contributed by atoms with Gasteiger partial charge in [-0.3, -0.25) is 0 Å². The van der Waals surface area contributed by atoms with Crippen LogP contribution < -0.4 is 5.32 Å². The Hall–Kier alpha value is -0.420. The number of nitrogens with one attached hydrogen (secondary N) is 1. The zero-order chi connectivity index (χ0) is 15.1. The van der Waals surface area contributed by atoms with Crippen LogP contribution in [0.4, 0.5) is 0 Å². The molecule has 0 spiro atoms. The highest BCUT2D eigenvalue weighted by Crippen LogP contribution is 2.26. The highest BCUT2D eigenvalue weighted by atomic mass is 79.9. The average molecular weight is 355 g/mol. The van der Waals surface area contributed by atoms with E-state index in [2.05, 4.69) is 57.3 Å². The number of piperidine rings is 1. The summed E-state index contributed by atoms with van der Waals surface area (Å²) in [6.07, 6.45) is 3.94. The number of ether oxygens (including phenoxy) is 1. The van der Waals surface area contributed by atoms with E-state index in [9.17, 15) is 0 Å². The Morgan fingerprint density at radius 1 is 1.33 bits per heavy atom. The number of hydrogen-bond donors (Lipinski definition) is 1. The normalized spacial score (nSPS) is 18.8. The predicted octanol–water partition coefficient (Wildman–Crippen LogP) is 3.60. The van der Waals surface area contributed by atoms with Crippen molar-refractivity contribution in [2.75, 3.05) is 33.3 Å². The summed E-state index contributed by atoms with van der Waals surface area (Å²) in [5.74, 6) is 0. The molecule has 1 fully saturated rings. The van der Waals surface area contributed by atoms with E-state index in [4.69, 9.17) is 4.74 Å². The molecule has 1 unspecified atom stereocenters. The van der Waals surface area contributed by atoms with Crippen LogP contribution in [0.2, 0.25) is 0 Å². The predicted molar refractivity (Wildman–Crippen MR) is 91.6 cm³/mol. The smallest absolute Gasteiger partial charge is 0.0595 e. The molecule has 1 aliphatic rings. The minimum Gasteiger partial charge on any atom is -0.381 e. The maximum Gasteiger partial charge on any atom is 0.0595 e. The summed E-state index contributed by atoms with van der Waals surface area (Å²) in [6, 6.07) is 8.96. The Labute approximate surface area is 137 Å². The molecule has 21 heavy (non-hydrogen) atoms. The van der Waals surface area contributed by atoms with Gasteiger partial charge in [-0.2, -0.15) is 0 Å². The van der Waals surface area contributed by atoms with Gasteiger partial charge in [0.1, 0.15) is 0 Å². The summed E-state index contributed by atoms with van der Waals surface area (Å²) in [7, 11) is 1.83. The molecule has 0 aromatic heterocycles. The summed E-state index contributed by atoms with van der Waals surface area (Å²) in [5, 5.41) is 3.62. The van der Waals surface area contributed by atoms with Gasteiger partial charge < -0.3 is 15.0 Å². The first-order chi connectivity index (χ1) is 10.2. The van der Waals surface area contributed by atoms with Gasteiger partial charge in [0.05, 0.1) is 6.10 Å². The van der Waals surface area contributed by atoms with Crippen molar-refractivity contribution in [1.29, 1.82) is 0 Å². The highest BCUT2D eigenvalue weighted by Gasteiger charge is 2.20. The van der Waals surface area contributed by atoms with E-state index in [-0.39, 0.29) is 0 Å². The molecule has 4 heteroatoms. The molecule has 0 radical (unpaired) electrons. The second-order valence-corrected chi connectivity index (χ2v) is 6.55. The molecule has 0 aliphatic carbocycles. The van der Waals surface area contributed by atoms with Crippen molar-refractivity contribution in [3.05, 3.63) is 34.3 Å². The molecule has 1 atom stereocenters. The largest absolute Gasteiger partial charge is 0.381 e. The van der Waals surface area contributed by atoms with Crippen LogP contribution in [-0.2, 0) is 4.74 Å². The second-order valence-electron chi connectivity index (χ2n) is 5.70. The summed E-state index contributed by atoms with van der Waals surface area (Å²) < 4.78 is 6.65. The van der Waals surface area contributed by atoms with Crippen LogP contribution in [0.25, 0.3) is 0 Å². The van der Waals surface area contributed by atoms with Crippen LogP contribution in [0.1, 0.15) is 37.8 Å². The minimum atomic E-state index is 0.422. The van der Waals surface area contributed by atoms with Crippen molar-refractivity contribution in [3.8, 4) is 0 Å². The number of benzene rings is 1. The molecule has 3 nitrogen and oxygen atoms in total. The van der Waals surface area contributed by atoms with Crippen molar-refractivity contribution in [2.24, 2.45) is 0 Å². The van der Waals surface area contributed by atoms with Crippen molar-refractivity contribution in [3.63, 3.8) is 0 Å². The van der Waals surface area contributed by atoms with Gasteiger partial charge in [0.2, 0.25) is 0 Å². The van der Waals surface area contributed by atoms with Gasteiger partial charge in [0.15, 0.2) is 0 Å². The van der Waals surface area contributed by atoms with Crippen molar-refractivity contribution < 1.29 is 4.74 Å². The molecule has 118 valence electrons. The Morgan fingerprint density at radius 3 is 2.67 bits per heavy atom. The molecule has 1 N–H and O–H groups in total. The standard InChI is InChI=1S/C17H27BrN2O/c1-3-19-17(15-6-4-5-7-16(15)18)10-13-20-11-8-14(21-2)9-12-20/h4-7,14,17,19H,3,8-13H2,1-2H3. The van der Waals surface area contributed by atoms with Gasteiger partial charge in [-0.25, -0.2) is 0 Å². The summed E-state index contributed by atoms with van der Waals surface area (Å²) >= 11 is 3.68. The molecule has 0 saturated carbocycles. The van der Waals surface area contributed by atoms with Crippen LogP contribution >= 0.6 is 15.9 Å². The van der Waals surface area contributed by atoms with Crippen LogP contribution in [0.15, 0.2) is 28.7 Å². The van der Waals surface area contributed by atoms with E-state index < -0.39 is 0 Å². The monoisotopic (exact) mass is 354 g/mol. The van der Waals surface area contributed by atoms with Gasteiger partial charge in [0.25, 0.3) is 0 Å². The lowest BCUT2D eigenvalue weighted by Gasteiger charge is -2.32. The lowest BCUT2D eigenvalue weighted by molar-refractivity contribution is 0.0401. The third kappa shape index (κ3) is 5.06. The Balaban J connectivity index is 1.88. The van der Waals surface area contributed by atoms with Gasteiger partial charge in [0, 0.05) is 30.7 Å². The van der Waals surface area contributed by atoms with Crippen molar-refractivity contribution in [1.82, 2.24) is 10.2 Å². The van der Waals surface area contributed by atoms with Gasteiger partial charge in [-0.05, 0) is 44.0 Å². The highest BCUT2D eigenvalue weighted by molar-refractivity contribution is 9.10. The molecule has 1 aromatic carbocycles. The topological polar surface area (TPSA) is 24.5 Å². The molecule has 0 bridgehead atoms. The molecule has 1 aromatic rings. The second kappa shape index (κ2) is 8.89. The molecule has 1 heterocycles. The first-order valence-corrected chi connectivity index (χ1v) is 8.76. The zero-order valence-electron chi connectivity index (χ0n) is 13.1. The maximum absolute atomic E-state index is 5.44. The third-order valence-corrected chi connectivity index (χ3v) is 5.06. The van der Waals surface area contributed by atoms with E-state index in [1.54, 1.807) is 0 Å². The Bertz CT molecular complexity index is 419. The van der Waals surface area contributed by atoms with Crippen LogP contribution in [0.5, 0.6) is 0 Å². The minimum absolute atomic E-state index is 0.422. The molecule has 0 amide bonds. The molecule has 2 rings (SSSR count). The van der Waals surface area contributed by atoms with E-state index in [0.29, 0.717) is 12.1 Å². The molecule has 1 aliphatic heterocycles. The first kappa shape index (κ1) is 16.9. The fraction of sp³-hybridized carbons (Fsp3) is 0.647. The van der Waals surface area contributed by atoms with Gasteiger partial charge in [-0.1, -0.05) is 41.1 Å². The summed E-state index contributed by atoms with van der Waals surface area (Å²) in [5.41, 5.74) is 1.37. The maximum atomic E-state index is 5.44. The zero-order valence-corrected chi connectivity index (χ0v) is 14.7. The van der Waals surface area contributed by atoms with Crippen LogP contribution in [0.3, 0.4) is 0 Å². The first-order valence-electron chi connectivity index (χ1n) is 7.97. The Kier molecular flexibility index (Phi) is 7.17. The van der Waals surface area contributed by atoms with E-state index in [0.717, 1.165) is 45.4 Å². The number of nitrogens with zero attached hydrogens (tertiary/aromatic N) is 1. The van der Waals surface area contributed by atoms with Gasteiger partial charge in [-0.15, -0.1) is 0 Å². The fourth-order valence-corrected chi connectivity index (χ4v) is 3.61. The average Bonchev–Trinajstić information content (AvgIpc) is 2.53. The summed E-state index contributed by atoms with van der Waals surface area (Å²) in [6.45, 7) is 6.64. The number of likely N-dealkylation sites (tertiary alicyclic amines) is 1. The summed E-state index contributed by atoms with van der Waals surface area (Å²) in [4.78, 5) is 2.57. The van der Waals surface area contributed by atoms with Crippen LogP contribution in [-0.4, -0.2) is 44.3 Å². The van der Waals surface area contributed by atoms with E-state index in [1.807, 2.05) is 7.11 Å². The lowest BCUT2D eigenvalue weighted by Crippen LogP contribution is -2.38. The number of methoxy groups -OCH3 is 1. The Morgan fingerprint density at radius 2 is 2.05 bits per heavy atom. The quantitative estimate of drug-likeness (QED) is 0.809. The number of rotatable bonds is 7. The number of halogens is 1. The lowest BCUT2D eigenvalue weighted by atomic mass is 10.0.